The number of methoxy groups -OCH3 is 2. The van der Waals surface area contributed by atoms with Gasteiger partial charge in [-0.3, -0.25) is 0 Å². The Kier molecular flexibility index (Phi) is 8.90. The predicted octanol–water partition coefficient (Wildman–Crippen LogP) is 1.65. The van der Waals surface area contributed by atoms with E-state index in [0.29, 0.717) is 13.2 Å². The Bertz CT molecular complexity index is 100. The molecule has 13 heavy (non-hydrogen) atoms. The summed E-state index contributed by atoms with van der Waals surface area (Å²) in [4.78, 5) is 0. The number of ether oxygens (including phenoxy) is 4. The van der Waals surface area contributed by atoms with Crippen LogP contribution in [0.15, 0.2) is 0 Å². The lowest BCUT2D eigenvalue weighted by atomic mass is 10.9. The molecule has 0 radical (unpaired) electrons. The Morgan fingerprint density at radius 2 is 1.31 bits per heavy atom. The van der Waals surface area contributed by atoms with Crippen molar-refractivity contribution in [2.24, 2.45) is 0 Å². The summed E-state index contributed by atoms with van der Waals surface area (Å²) in [5.74, 6) is 0. The third kappa shape index (κ3) is 6.29. The van der Waals surface area contributed by atoms with Crippen LogP contribution < -0.4 is 0 Å². The SMILES string of the molecule is CCOC(OC)SC(OC)OCC. The second kappa shape index (κ2) is 8.77. The lowest BCUT2D eigenvalue weighted by molar-refractivity contribution is -0.0797. The Balaban J connectivity index is 3.73. The molecule has 0 N–H and O–H groups in total. The summed E-state index contributed by atoms with van der Waals surface area (Å²) >= 11 is 1.35. The summed E-state index contributed by atoms with van der Waals surface area (Å²) < 4.78 is 20.6. The van der Waals surface area contributed by atoms with Gasteiger partial charge in [0.15, 0.2) is 0 Å². The van der Waals surface area contributed by atoms with Crippen LogP contribution in [0.4, 0.5) is 0 Å². The highest BCUT2D eigenvalue weighted by atomic mass is 32.2. The van der Waals surface area contributed by atoms with Crippen molar-refractivity contribution in [3.05, 3.63) is 0 Å². The van der Waals surface area contributed by atoms with Gasteiger partial charge in [-0.15, -0.1) is 0 Å². The summed E-state index contributed by atoms with van der Waals surface area (Å²) in [5, 5.41) is 0. The van der Waals surface area contributed by atoms with Gasteiger partial charge in [-0.05, 0) is 25.6 Å². The molecule has 0 heterocycles. The molecule has 80 valence electrons. The first kappa shape index (κ1) is 13.2. The third-order valence-electron chi connectivity index (χ3n) is 1.21. The first-order chi connectivity index (χ1) is 6.28. The van der Waals surface area contributed by atoms with E-state index in [4.69, 9.17) is 18.9 Å². The van der Waals surface area contributed by atoms with Crippen molar-refractivity contribution in [3.8, 4) is 0 Å². The molecule has 2 atom stereocenters. The van der Waals surface area contributed by atoms with E-state index in [1.54, 1.807) is 14.2 Å². The lowest BCUT2D eigenvalue weighted by Crippen LogP contribution is -2.19. The Morgan fingerprint density at radius 3 is 1.54 bits per heavy atom. The van der Waals surface area contributed by atoms with Crippen LogP contribution in [0.2, 0.25) is 0 Å². The molecule has 0 aromatic rings. The van der Waals surface area contributed by atoms with Crippen molar-refractivity contribution in [2.45, 2.75) is 25.1 Å². The quantitative estimate of drug-likeness (QED) is 0.569. The van der Waals surface area contributed by atoms with Gasteiger partial charge in [-0.1, -0.05) is 0 Å². The van der Waals surface area contributed by atoms with Crippen LogP contribution in [0.5, 0.6) is 0 Å². The van der Waals surface area contributed by atoms with Gasteiger partial charge in [-0.25, -0.2) is 0 Å². The molecule has 0 saturated carbocycles. The maximum Gasteiger partial charge on any atom is 0.211 e. The highest BCUT2D eigenvalue weighted by Gasteiger charge is 2.16. The smallest absolute Gasteiger partial charge is 0.211 e. The second-order valence-corrected chi connectivity index (χ2v) is 3.14. The van der Waals surface area contributed by atoms with Gasteiger partial charge < -0.3 is 18.9 Å². The van der Waals surface area contributed by atoms with Gasteiger partial charge in [0, 0.05) is 27.4 Å². The van der Waals surface area contributed by atoms with Gasteiger partial charge in [0.2, 0.25) is 11.2 Å². The Hall–Kier alpha value is 0.190. The Morgan fingerprint density at radius 1 is 0.923 bits per heavy atom. The van der Waals surface area contributed by atoms with Crippen LogP contribution in [0.1, 0.15) is 13.8 Å². The van der Waals surface area contributed by atoms with Gasteiger partial charge in [0.25, 0.3) is 0 Å². The molecule has 0 saturated heterocycles. The van der Waals surface area contributed by atoms with E-state index in [1.807, 2.05) is 13.8 Å². The molecule has 0 aliphatic rings. The predicted molar refractivity (Wildman–Crippen MR) is 52.4 cm³/mol. The first-order valence-corrected chi connectivity index (χ1v) is 5.17. The topological polar surface area (TPSA) is 36.9 Å². The normalized spacial score (nSPS) is 15.7. The van der Waals surface area contributed by atoms with Crippen molar-refractivity contribution in [3.63, 3.8) is 0 Å². The Labute approximate surface area is 83.9 Å². The molecule has 0 bridgehead atoms. The first-order valence-electron chi connectivity index (χ1n) is 4.22. The van der Waals surface area contributed by atoms with E-state index >= 15 is 0 Å². The molecule has 5 heteroatoms. The highest BCUT2D eigenvalue weighted by Crippen LogP contribution is 2.20. The standard InChI is InChI=1S/C8H18O4S/c1-5-11-7(9-3)13-8(10-4)12-6-2/h7-8H,5-6H2,1-4H3. The fourth-order valence-corrected chi connectivity index (χ4v) is 1.52. The molecule has 0 rings (SSSR count). The van der Waals surface area contributed by atoms with E-state index in [2.05, 4.69) is 0 Å². The van der Waals surface area contributed by atoms with Crippen molar-refractivity contribution < 1.29 is 18.9 Å². The van der Waals surface area contributed by atoms with Gasteiger partial charge in [0.1, 0.15) is 0 Å². The monoisotopic (exact) mass is 210 g/mol. The molecule has 0 spiro atoms. The maximum atomic E-state index is 5.25. The van der Waals surface area contributed by atoms with Crippen LogP contribution in [-0.2, 0) is 18.9 Å². The molecular formula is C8H18O4S. The van der Waals surface area contributed by atoms with Crippen LogP contribution in [-0.4, -0.2) is 38.7 Å². The molecule has 0 aromatic carbocycles. The summed E-state index contributed by atoms with van der Waals surface area (Å²) in [7, 11) is 3.18. The van der Waals surface area contributed by atoms with Crippen LogP contribution in [0.25, 0.3) is 0 Å². The van der Waals surface area contributed by atoms with E-state index in [1.165, 1.54) is 11.8 Å². The summed E-state index contributed by atoms with van der Waals surface area (Å²) in [5.41, 5.74) is -0.664. The van der Waals surface area contributed by atoms with Crippen LogP contribution >= 0.6 is 11.8 Å². The molecule has 0 aliphatic heterocycles. The zero-order valence-corrected chi connectivity index (χ0v) is 9.43. The molecule has 4 nitrogen and oxygen atoms in total. The highest BCUT2D eigenvalue weighted by molar-refractivity contribution is 7.99. The number of thioether (sulfide) groups is 1. The number of hydrogen-bond donors (Lipinski definition) is 0. The molecule has 0 fully saturated rings. The van der Waals surface area contributed by atoms with Crippen LogP contribution in [0.3, 0.4) is 0 Å². The van der Waals surface area contributed by atoms with E-state index < -0.39 is 0 Å². The molecule has 0 amide bonds. The zero-order chi connectivity index (χ0) is 10.1. The summed E-state index contributed by atoms with van der Waals surface area (Å²) in [6.45, 7) is 5.03. The minimum Gasteiger partial charge on any atom is -0.347 e. The van der Waals surface area contributed by atoms with Crippen LogP contribution in [0, 0.1) is 0 Å². The number of rotatable bonds is 8. The van der Waals surface area contributed by atoms with Gasteiger partial charge >= 0.3 is 0 Å². The largest absolute Gasteiger partial charge is 0.347 e. The lowest BCUT2D eigenvalue weighted by Gasteiger charge is -2.20. The third-order valence-corrected chi connectivity index (χ3v) is 2.31. The fourth-order valence-electron chi connectivity index (χ4n) is 0.689. The summed E-state index contributed by atoms with van der Waals surface area (Å²) in [6.07, 6.45) is 0. The minimum absolute atomic E-state index is 0.332. The van der Waals surface area contributed by atoms with E-state index in [9.17, 15) is 0 Å². The van der Waals surface area contributed by atoms with Gasteiger partial charge in [-0.2, -0.15) is 0 Å². The van der Waals surface area contributed by atoms with Crippen molar-refractivity contribution in [1.82, 2.24) is 0 Å². The average molecular weight is 210 g/mol. The average Bonchev–Trinajstić information content (AvgIpc) is 2.16. The maximum absolute atomic E-state index is 5.25. The minimum atomic E-state index is -0.332. The van der Waals surface area contributed by atoms with Crippen molar-refractivity contribution >= 4 is 11.8 Å². The van der Waals surface area contributed by atoms with Crippen molar-refractivity contribution in [1.29, 1.82) is 0 Å². The molecule has 0 aliphatic carbocycles. The molecule has 2 unspecified atom stereocenters. The molecule has 0 aromatic heterocycles. The van der Waals surface area contributed by atoms with E-state index in [0.717, 1.165) is 0 Å². The van der Waals surface area contributed by atoms with E-state index in [-0.39, 0.29) is 11.2 Å². The zero-order valence-electron chi connectivity index (χ0n) is 8.61. The van der Waals surface area contributed by atoms with Gasteiger partial charge in [0.05, 0.1) is 0 Å². The second-order valence-electron chi connectivity index (χ2n) is 2.10. The number of hydrogen-bond acceptors (Lipinski definition) is 5. The fraction of sp³-hybridized carbons (Fsp3) is 1.00. The molecular weight excluding hydrogens is 192 g/mol. The summed E-state index contributed by atoms with van der Waals surface area (Å²) in [6, 6.07) is 0. The van der Waals surface area contributed by atoms with Crippen molar-refractivity contribution in [2.75, 3.05) is 27.4 Å².